The summed E-state index contributed by atoms with van der Waals surface area (Å²) in [5, 5.41) is 3.94. The van der Waals surface area contributed by atoms with E-state index in [1.807, 2.05) is 5.32 Å². The number of amides is 2. The molecule has 11 heteroatoms. The third kappa shape index (κ3) is 3.49. The summed E-state index contributed by atoms with van der Waals surface area (Å²) >= 11 is 0. The highest BCUT2D eigenvalue weighted by Gasteiger charge is 2.68. The van der Waals surface area contributed by atoms with E-state index in [9.17, 15) is 27.6 Å². The number of esters is 1. The Bertz CT molecular complexity index is 1290. The lowest BCUT2D eigenvalue weighted by atomic mass is 10.0. The van der Waals surface area contributed by atoms with Crippen LogP contribution < -0.4 is 10.6 Å². The van der Waals surface area contributed by atoms with E-state index < -0.39 is 35.7 Å². The Labute approximate surface area is 185 Å². The molecule has 8 nitrogen and oxygen atoms in total. The van der Waals surface area contributed by atoms with Crippen molar-refractivity contribution in [3.8, 4) is 0 Å². The van der Waals surface area contributed by atoms with Crippen LogP contribution >= 0.6 is 0 Å². The van der Waals surface area contributed by atoms with Crippen molar-refractivity contribution in [2.24, 2.45) is 0 Å². The van der Waals surface area contributed by atoms with Gasteiger partial charge >= 0.3 is 12.1 Å². The summed E-state index contributed by atoms with van der Waals surface area (Å²) in [7, 11) is 0. The van der Waals surface area contributed by atoms with Crippen molar-refractivity contribution in [3.63, 3.8) is 0 Å². The fraction of sp³-hybridized carbons (Fsp3) is 0.273. The van der Waals surface area contributed by atoms with E-state index in [1.54, 1.807) is 26.0 Å². The molecule has 2 amide bonds. The van der Waals surface area contributed by atoms with Gasteiger partial charge in [-0.15, -0.1) is 0 Å². The standard InChI is InChI=1S/C22H19F3N4O4/c1-11-9-15-16(10-12(11)2)29-20(26-15)27-19(32)21(29,22(23,24)25)28-18(31)17(33-13(3)30)14-7-5-4-6-8-14/h4-10,17H,1-3H3,(H,28,31)(H,26,27,32). The lowest BCUT2D eigenvalue weighted by Gasteiger charge is -2.33. The molecular formula is C22H19F3N4O4. The monoisotopic (exact) mass is 460 g/mol. The summed E-state index contributed by atoms with van der Waals surface area (Å²) in [5.41, 5.74) is -1.66. The number of carbonyl (C=O) groups is 3. The number of hydrogen-bond donors (Lipinski definition) is 2. The Kier molecular flexibility index (Phi) is 5.14. The maximum Gasteiger partial charge on any atom is 0.440 e. The topological polar surface area (TPSA) is 102 Å². The molecule has 0 spiro atoms. The van der Waals surface area contributed by atoms with Gasteiger partial charge in [0.05, 0.1) is 11.0 Å². The molecule has 1 aliphatic heterocycles. The molecule has 0 bridgehead atoms. The molecule has 2 unspecified atom stereocenters. The Morgan fingerprint density at radius 1 is 1.15 bits per heavy atom. The van der Waals surface area contributed by atoms with Crippen LogP contribution in [0.5, 0.6) is 0 Å². The van der Waals surface area contributed by atoms with Gasteiger partial charge in [-0.2, -0.15) is 13.2 Å². The molecule has 2 heterocycles. The van der Waals surface area contributed by atoms with Crippen molar-refractivity contribution in [3.05, 3.63) is 59.2 Å². The number of nitrogens with one attached hydrogen (secondary N) is 2. The lowest BCUT2D eigenvalue weighted by molar-refractivity contribution is -0.218. The molecule has 3 aromatic rings. The van der Waals surface area contributed by atoms with Gasteiger partial charge in [0.15, 0.2) is 0 Å². The molecular weight excluding hydrogens is 441 g/mol. The molecule has 0 aliphatic carbocycles. The summed E-state index contributed by atoms with van der Waals surface area (Å²) in [6.45, 7) is 4.51. The number of imidazole rings is 1. The number of hydrogen-bond acceptors (Lipinski definition) is 5. The molecule has 4 rings (SSSR count). The molecule has 172 valence electrons. The summed E-state index contributed by atoms with van der Waals surface area (Å²) in [6.07, 6.45) is -6.97. The van der Waals surface area contributed by atoms with Gasteiger partial charge in [-0.1, -0.05) is 30.3 Å². The largest absolute Gasteiger partial charge is 0.447 e. The SMILES string of the molecule is CC(=O)OC(C(=O)NC1(C(F)(F)F)C(=O)Nc2nc3cc(C)c(C)cc3n21)c1ccccc1. The van der Waals surface area contributed by atoms with E-state index in [0.717, 1.165) is 12.5 Å². The smallest absolute Gasteiger partial charge is 0.440 e. The number of carbonyl (C=O) groups excluding carboxylic acids is 3. The number of fused-ring (bicyclic) bond motifs is 3. The number of ether oxygens (including phenoxy) is 1. The van der Waals surface area contributed by atoms with Crippen LogP contribution in [0.1, 0.15) is 29.7 Å². The molecule has 1 aromatic heterocycles. The molecule has 2 atom stereocenters. The van der Waals surface area contributed by atoms with Crippen molar-refractivity contribution in [1.82, 2.24) is 14.9 Å². The number of aromatic nitrogens is 2. The van der Waals surface area contributed by atoms with Gasteiger partial charge in [0.25, 0.3) is 17.5 Å². The molecule has 0 saturated carbocycles. The van der Waals surface area contributed by atoms with Gasteiger partial charge < -0.3 is 10.1 Å². The predicted molar refractivity (Wildman–Crippen MR) is 111 cm³/mol. The third-order valence-corrected chi connectivity index (χ3v) is 5.50. The van der Waals surface area contributed by atoms with Gasteiger partial charge in [-0.05, 0) is 37.1 Å². The molecule has 1 aliphatic rings. The number of rotatable bonds is 4. The summed E-state index contributed by atoms with van der Waals surface area (Å²) < 4.78 is 49.4. The minimum absolute atomic E-state index is 0.00724. The van der Waals surface area contributed by atoms with Crippen LogP contribution in [0.3, 0.4) is 0 Å². The highest BCUT2D eigenvalue weighted by Crippen LogP contribution is 2.44. The Balaban J connectivity index is 1.88. The summed E-state index contributed by atoms with van der Waals surface area (Å²) in [5.74, 6) is -4.08. The van der Waals surface area contributed by atoms with Crippen molar-refractivity contribution in [2.75, 3.05) is 5.32 Å². The van der Waals surface area contributed by atoms with E-state index in [0.29, 0.717) is 10.1 Å². The zero-order chi connectivity index (χ0) is 24.1. The Morgan fingerprint density at radius 2 is 1.79 bits per heavy atom. The van der Waals surface area contributed by atoms with Crippen molar-refractivity contribution in [2.45, 2.75) is 38.7 Å². The zero-order valence-corrected chi connectivity index (χ0v) is 17.8. The molecule has 33 heavy (non-hydrogen) atoms. The van der Waals surface area contributed by atoms with Crippen LogP contribution in [0.4, 0.5) is 19.1 Å². The second-order valence-corrected chi connectivity index (χ2v) is 7.75. The Hall–Kier alpha value is -3.89. The fourth-order valence-electron chi connectivity index (χ4n) is 3.80. The number of aryl methyl sites for hydroxylation is 2. The fourth-order valence-corrected chi connectivity index (χ4v) is 3.80. The van der Waals surface area contributed by atoms with E-state index >= 15 is 0 Å². The average Bonchev–Trinajstić information content (AvgIpc) is 3.20. The zero-order valence-electron chi connectivity index (χ0n) is 17.8. The van der Waals surface area contributed by atoms with Gasteiger partial charge in [-0.25, -0.2) is 4.98 Å². The molecule has 0 saturated heterocycles. The highest BCUT2D eigenvalue weighted by atomic mass is 19.4. The average molecular weight is 460 g/mol. The van der Waals surface area contributed by atoms with Gasteiger partial charge in [-0.3, -0.25) is 24.3 Å². The van der Waals surface area contributed by atoms with Crippen LogP contribution in [0.2, 0.25) is 0 Å². The first-order chi connectivity index (χ1) is 15.5. The summed E-state index contributed by atoms with van der Waals surface area (Å²) in [4.78, 5) is 41.6. The third-order valence-electron chi connectivity index (χ3n) is 5.50. The van der Waals surface area contributed by atoms with Crippen LogP contribution in [0.25, 0.3) is 11.0 Å². The van der Waals surface area contributed by atoms with E-state index in [4.69, 9.17) is 4.74 Å². The maximum atomic E-state index is 14.6. The van der Waals surface area contributed by atoms with E-state index in [2.05, 4.69) is 10.3 Å². The van der Waals surface area contributed by atoms with Gasteiger partial charge in [0.2, 0.25) is 12.1 Å². The van der Waals surface area contributed by atoms with Crippen molar-refractivity contribution >= 4 is 34.8 Å². The molecule has 0 radical (unpaired) electrons. The normalized spacial score (nSPS) is 18.5. The number of alkyl halides is 3. The number of anilines is 1. The Morgan fingerprint density at radius 3 is 2.39 bits per heavy atom. The quantitative estimate of drug-likeness (QED) is 0.582. The number of halogens is 3. The van der Waals surface area contributed by atoms with E-state index in [1.165, 1.54) is 30.3 Å². The van der Waals surface area contributed by atoms with Crippen LogP contribution in [-0.2, 0) is 24.8 Å². The van der Waals surface area contributed by atoms with Crippen molar-refractivity contribution in [1.29, 1.82) is 0 Å². The first-order valence-corrected chi connectivity index (χ1v) is 9.88. The minimum atomic E-state index is -5.26. The minimum Gasteiger partial charge on any atom is -0.447 e. The first-order valence-electron chi connectivity index (χ1n) is 9.88. The predicted octanol–water partition coefficient (Wildman–Crippen LogP) is 3.24. The van der Waals surface area contributed by atoms with Gasteiger partial charge in [0.1, 0.15) is 0 Å². The van der Waals surface area contributed by atoms with Crippen LogP contribution in [0.15, 0.2) is 42.5 Å². The van der Waals surface area contributed by atoms with Crippen LogP contribution in [-0.4, -0.2) is 33.5 Å². The number of nitrogens with zero attached hydrogens (tertiary/aromatic N) is 2. The second-order valence-electron chi connectivity index (χ2n) is 7.75. The molecule has 0 fully saturated rings. The molecule has 2 N–H and O–H groups in total. The second kappa shape index (κ2) is 7.61. The van der Waals surface area contributed by atoms with Crippen molar-refractivity contribution < 1.29 is 32.3 Å². The first kappa shape index (κ1) is 22.3. The summed E-state index contributed by atoms with van der Waals surface area (Å²) in [6, 6.07) is 10.6. The highest BCUT2D eigenvalue weighted by molar-refractivity contribution is 6.05. The number of benzene rings is 2. The lowest BCUT2D eigenvalue weighted by Crippen LogP contribution is -2.64. The molecule has 2 aromatic carbocycles. The van der Waals surface area contributed by atoms with Crippen LogP contribution in [0, 0.1) is 13.8 Å². The maximum absolute atomic E-state index is 14.6. The van der Waals surface area contributed by atoms with Gasteiger partial charge in [0, 0.05) is 12.5 Å². The van der Waals surface area contributed by atoms with E-state index in [-0.39, 0.29) is 22.5 Å².